The molecule has 8 aliphatic rings. The lowest BCUT2D eigenvalue weighted by Gasteiger charge is -2.60. The molecule has 2 spiro atoms. The molecule has 3 heterocycles. The number of hydrogen-bond acceptors (Lipinski definition) is 8. The van der Waals surface area contributed by atoms with Gasteiger partial charge < -0.3 is 34.7 Å². The molecule has 1 amide bonds. The molecule has 49 heavy (non-hydrogen) atoms. The Kier molecular flexibility index (Phi) is 10.7. The standard InChI is InChI=1S/C34H55NO6.C4H7NO.C2H6.H2/c1-20(36)39-29(31(4,5)37)24-9-7-22-25(40-24)17-23-21-8-10-26-30(2,3)27(41-28-18-35-15-16-38-28)11-12-34(26)19-33(21,34)14-13-32(22,23)6;6-4-2-1-3-5-4;1-2;/h21-29,35,37H,7-19H2,1-6H3;1-3H2,(H,5,6);1-2H3;1H/t21?,22?,23?,24?,25?,26?,27-,28?,29-,32?,33-,34+;;;/m0.../s1. The molecule has 5 aliphatic carbocycles. The van der Waals surface area contributed by atoms with E-state index in [1.165, 1.54) is 45.4 Å². The van der Waals surface area contributed by atoms with E-state index in [0.717, 1.165) is 76.6 Å². The van der Waals surface area contributed by atoms with Crippen LogP contribution in [0.25, 0.3) is 0 Å². The predicted molar refractivity (Wildman–Crippen MR) is 191 cm³/mol. The van der Waals surface area contributed by atoms with Crippen molar-refractivity contribution in [2.75, 3.05) is 26.2 Å². The number of hydrogen-bond donors (Lipinski definition) is 3. The highest BCUT2D eigenvalue weighted by Gasteiger charge is 2.80. The number of amides is 1. The maximum absolute atomic E-state index is 11.9. The van der Waals surface area contributed by atoms with Crippen molar-refractivity contribution in [1.29, 1.82) is 0 Å². The Morgan fingerprint density at radius 1 is 1.00 bits per heavy atom. The molecule has 8 fully saturated rings. The fourth-order valence-electron chi connectivity index (χ4n) is 12.9. The van der Waals surface area contributed by atoms with Crippen molar-refractivity contribution in [1.82, 2.24) is 10.6 Å². The molecule has 3 saturated heterocycles. The third-order valence-corrected chi connectivity index (χ3v) is 15.0. The van der Waals surface area contributed by atoms with Crippen LogP contribution >= 0.6 is 0 Å². The fraction of sp³-hybridized carbons (Fsp3) is 0.950. The number of rotatable bonds is 5. The molecular formula is C40H70N2O7. The van der Waals surface area contributed by atoms with Crippen LogP contribution in [0.4, 0.5) is 0 Å². The van der Waals surface area contributed by atoms with Gasteiger partial charge in [0.25, 0.3) is 0 Å². The molecule has 8 rings (SSSR count). The summed E-state index contributed by atoms with van der Waals surface area (Å²) in [5.41, 5.74) is 0.360. The zero-order chi connectivity index (χ0) is 35.4. The highest BCUT2D eigenvalue weighted by atomic mass is 16.7. The molecule has 0 aromatic rings. The van der Waals surface area contributed by atoms with Gasteiger partial charge in [0.15, 0.2) is 12.4 Å². The number of morpholine rings is 1. The first kappa shape index (κ1) is 37.5. The monoisotopic (exact) mass is 691 g/mol. The van der Waals surface area contributed by atoms with E-state index in [2.05, 4.69) is 31.4 Å². The van der Waals surface area contributed by atoms with Crippen molar-refractivity contribution < 1.29 is 35.1 Å². The summed E-state index contributed by atoms with van der Waals surface area (Å²) in [6, 6.07) is 0. The van der Waals surface area contributed by atoms with Crippen LogP contribution < -0.4 is 10.6 Å². The average molecular weight is 691 g/mol. The average Bonchev–Trinajstić information content (AvgIpc) is 3.28. The summed E-state index contributed by atoms with van der Waals surface area (Å²) in [5.74, 6) is 2.65. The molecule has 5 saturated carbocycles. The van der Waals surface area contributed by atoms with Crippen molar-refractivity contribution in [2.45, 2.75) is 169 Å². The first-order chi connectivity index (χ1) is 23.2. The lowest BCUT2D eigenvalue weighted by Crippen LogP contribution is -2.56. The number of fused-ring (bicyclic) bond motifs is 4. The van der Waals surface area contributed by atoms with Gasteiger partial charge in [0.1, 0.15) is 0 Å². The Bertz CT molecular complexity index is 1200. The molecule has 0 aromatic heterocycles. The van der Waals surface area contributed by atoms with Crippen molar-refractivity contribution in [3.8, 4) is 0 Å². The third-order valence-electron chi connectivity index (χ3n) is 15.0. The minimum atomic E-state index is -1.13. The van der Waals surface area contributed by atoms with Crippen LogP contribution in [0.1, 0.15) is 134 Å². The van der Waals surface area contributed by atoms with Crippen LogP contribution in [0.2, 0.25) is 0 Å². The van der Waals surface area contributed by atoms with Crippen LogP contribution in [0.15, 0.2) is 0 Å². The Balaban J connectivity index is 0.000000484. The Morgan fingerprint density at radius 2 is 1.76 bits per heavy atom. The van der Waals surface area contributed by atoms with Crippen molar-refractivity contribution in [3.63, 3.8) is 0 Å². The lowest BCUT2D eigenvalue weighted by atomic mass is 9.46. The van der Waals surface area contributed by atoms with Gasteiger partial charge in [-0.15, -0.1) is 0 Å². The molecule has 9 heteroatoms. The van der Waals surface area contributed by atoms with Gasteiger partial charge in [0.05, 0.1) is 30.5 Å². The Morgan fingerprint density at radius 3 is 2.37 bits per heavy atom. The minimum absolute atomic E-state index is 0. The smallest absolute Gasteiger partial charge is 0.303 e. The molecule has 3 aliphatic heterocycles. The summed E-state index contributed by atoms with van der Waals surface area (Å²) in [6.07, 6.45) is 13.6. The van der Waals surface area contributed by atoms with Gasteiger partial charge in [-0.3, -0.25) is 9.59 Å². The molecule has 282 valence electrons. The summed E-state index contributed by atoms with van der Waals surface area (Å²) in [6.45, 7) is 19.8. The third kappa shape index (κ3) is 6.53. The van der Waals surface area contributed by atoms with Gasteiger partial charge in [-0.1, -0.05) is 34.6 Å². The van der Waals surface area contributed by atoms with Gasteiger partial charge in [-0.25, -0.2) is 0 Å². The van der Waals surface area contributed by atoms with Gasteiger partial charge in [-0.05, 0) is 130 Å². The number of nitrogens with one attached hydrogen (secondary N) is 2. The van der Waals surface area contributed by atoms with E-state index in [0.29, 0.717) is 28.1 Å². The summed E-state index contributed by atoms with van der Waals surface area (Å²) >= 11 is 0. The van der Waals surface area contributed by atoms with Crippen LogP contribution in [0, 0.1) is 45.3 Å². The second-order valence-corrected chi connectivity index (χ2v) is 18.1. The first-order valence-corrected chi connectivity index (χ1v) is 20.0. The highest BCUT2D eigenvalue weighted by molar-refractivity contribution is 5.77. The summed E-state index contributed by atoms with van der Waals surface area (Å²) in [4.78, 5) is 22.0. The van der Waals surface area contributed by atoms with Crippen molar-refractivity contribution in [2.24, 2.45) is 45.3 Å². The largest absolute Gasteiger partial charge is 0.457 e. The molecular weight excluding hydrogens is 620 g/mol. The number of carbonyl (C=O) groups is 2. The normalized spacial score (nSPS) is 45.2. The van der Waals surface area contributed by atoms with Gasteiger partial charge in [-0.2, -0.15) is 0 Å². The molecule has 0 aromatic carbocycles. The number of ether oxygens (including phenoxy) is 4. The summed E-state index contributed by atoms with van der Waals surface area (Å²) in [5, 5.41) is 17.0. The minimum Gasteiger partial charge on any atom is -0.457 e. The highest BCUT2D eigenvalue weighted by Crippen LogP contribution is 2.87. The van der Waals surface area contributed by atoms with E-state index >= 15 is 0 Å². The van der Waals surface area contributed by atoms with Gasteiger partial charge in [0.2, 0.25) is 5.91 Å². The van der Waals surface area contributed by atoms with E-state index in [4.69, 9.17) is 18.9 Å². The molecule has 8 unspecified atom stereocenters. The van der Waals surface area contributed by atoms with Crippen LogP contribution in [-0.2, 0) is 28.5 Å². The topological polar surface area (TPSA) is 115 Å². The first-order valence-electron chi connectivity index (χ1n) is 20.0. The maximum atomic E-state index is 11.9. The maximum Gasteiger partial charge on any atom is 0.303 e. The summed E-state index contributed by atoms with van der Waals surface area (Å²) in [7, 11) is 0. The van der Waals surface area contributed by atoms with E-state index in [1.807, 2.05) is 13.8 Å². The van der Waals surface area contributed by atoms with Gasteiger partial charge >= 0.3 is 5.97 Å². The lowest BCUT2D eigenvalue weighted by molar-refractivity contribution is -0.232. The van der Waals surface area contributed by atoms with Crippen molar-refractivity contribution >= 4 is 11.9 Å². The number of esters is 1. The Labute approximate surface area is 297 Å². The fourth-order valence-corrected chi connectivity index (χ4v) is 12.9. The molecule has 0 radical (unpaired) electrons. The van der Waals surface area contributed by atoms with Gasteiger partial charge in [0, 0.05) is 34.4 Å². The van der Waals surface area contributed by atoms with Crippen molar-refractivity contribution in [3.05, 3.63) is 0 Å². The van der Waals surface area contributed by atoms with E-state index in [-0.39, 0.29) is 43.3 Å². The van der Waals surface area contributed by atoms with E-state index < -0.39 is 11.7 Å². The van der Waals surface area contributed by atoms with Crippen LogP contribution in [-0.4, -0.2) is 79.5 Å². The van der Waals surface area contributed by atoms with Crippen LogP contribution in [0.3, 0.4) is 0 Å². The van der Waals surface area contributed by atoms with Crippen LogP contribution in [0.5, 0.6) is 0 Å². The molecule has 9 nitrogen and oxygen atoms in total. The van der Waals surface area contributed by atoms with E-state index in [9.17, 15) is 14.7 Å². The summed E-state index contributed by atoms with van der Waals surface area (Å²) < 4.78 is 25.1. The molecule has 3 N–H and O–H groups in total. The van der Waals surface area contributed by atoms with E-state index in [1.54, 1.807) is 13.8 Å². The SMILES string of the molecule is CC.CC(=O)O[C@@H](C1CCC2C(CC3C4CCC5C(C)(C)[C@@H](OC6CNCCO6)CC[C@@]56C[C@@]46CCC23C)O1)C(C)(C)O.O=C1CCCN1.[HH]. The zero-order valence-electron chi connectivity index (χ0n) is 31.9. The quantitative estimate of drug-likeness (QED) is 0.284. The second kappa shape index (κ2) is 13.9. The number of carbonyl (C=O) groups excluding carboxylic acids is 2. The molecule has 0 bridgehead atoms. The predicted octanol–water partition coefficient (Wildman–Crippen LogP) is 6.40. The number of aliphatic hydroxyl groups is 1. The molecule has 12 atom stereocenters. The Hall–Kier alpha value is -1.26. The second-order valence-electron chi connectivity index (χ2n) is 18.1. The zero-order valence-corrected chi connectivity index (χ0v) is 31.9.